The number of carbonyl (C=O) groups excluding carboxylic acids is 2. The summed E-state index contributed by atoms with van der Waals surface area (Å²) in [6.07, 6.45) is 12.3. The van der Waals surface area contributed by atoms with Gasteiger partial charge >= 0.3 is 0 Å². The summed E-state index contributed by atoms with van der Waals surface area (Å²) in [6, 6.07) is 0. The summed E-state index contributed by atoms with van der Waals surface area (Å²) in [5, 5.41) is 0. The molecule has 0 aromatic rings. The fourth-order valence-electron chi connectivity index (χ4n) is 7.48. The van der Waals surface area contributed by atoms with Gasteiger partial charge < -0.3 is 9.47 Å². The molecule has 4 aliphatic rings. The summed E-state index contributed by atoms with van der Waals surface area (Å²) < 4.78 is 29.3. The second-order valence-electron chi connectivity index (χ2n) is 10.9. The molecule has 1 unspecified atom stereocenters. The summed E-state index contributed by atoms with van der Waals surface area (Å²) in [6.45, 7) is 11.2. The largest absolute Gasteiger partial charge is 0.374 e. The summed E-state index contributed by atoms with van der Waals surface area (Å²) in [5.74, 6) is -0.403. The first kappa shape index (κ1) is 24.5. The molecular weight excluding hydrogens is 419 g/mol. The van der Waals surface area contributed by atoms with E-state index in [0.717, 1.165) is 24.8 Å². The first-order valence-electron chi connectivity index (χ1n) is 12.7. The van der Waals surface area contributed by atoms with Gasteiger partial charge in [0.05, 0.1) is 0 Å². The van der Waals surface area contributed by atoms with Crippen molar-refractivity contribution in [3.05, 3.63) is 36.0 Å². The van der Waals surface area contributed by atoms with Crippen molar-refractivity contribution in [2.75, 3.05) is 19.8 Å². The summed E-state index contributed by atoms with van der Waals surface area (Å²) in [4.78, 5) is 25.8. The van der Waals surface area contributed by atoms with Gasteiger partial charge in [0, 0.05) is 30.0 Å². The van der Waals surface area contributed by atoms with E-state index >= 15 is 4.39 Å². The van der Waals surface area contributed by atoms with Gasteiger partial charge in [-0.1, -0.05) is 45.4 Å². The van der Waals surface area contributed by atoms with Crippen molar-refractivity contribution < 1.29 is 23.5 Å². The van der Waals surface area contributed by atoms with Crippen molar-refractivity contribution in [1.29, 1.82) is 0 Å². The first-order valence-corrected chi connectivity index (χ1v) is 12.7. The standard InChI is InChI=1S/C28H39FO4/c1-6-14-32-18-24(31)28(33-15-7-2)19(3)16-23-22-9-8-20-17-21(30)10-11-25(20,4)27(22,29)13-12-26(23,28)5/h10-13,17,19,22-23H,6-9,14-16,18H2,1-5H3/t19?,22-,23-,25-,26-,27+,28-/m0/s1. The molecule has 0 aromatic carbocycles. The van der Waals surface area contributed by atoms with E-state index in [0.29, 0.717) is 26.1 Å². The lowest BCUT2D eigenvalue weighted by atomic mass is 9.48. The molecular formula is C28H39FO4. The van der Waals surface area contributed by atoms with E-state index in [1.165, 1.54) is 6.08 Å². The number of Topliss-reactive ketones (excluding diaryl/α,β-unsaturated/α-hetero) is 1. The Morgan fingerprint density at radius 3 is 2.55 bits per heavy atom. The van der Waals surface area contributed by atoms with Gasteiger partial charge in [-0.3, -0.25) is 9.59 Å². The molecule has 0 radical (unpaired) electrons. The van der Waals surface area contributed by atoms with Crippen LogP contribution in [0.4, 0.5) is 4.39 Å². The zero-order valence-electron chi connectivity index (χ0n) is 20.8. The van der Waals surface area contributed by atoms with Gasteiger partial charge in [-0.2, -0.15) is 0 Å². The van der Waals surface area contributed by atoms with Crippen molar-refractivity contribution >= 4 is 11.6 Å². The number of hydrogen-bond acceptors (Lipinski definition) is 4. The molecule has 4 rings (SSSR count). The molecule has 4 nitrogen and oxygen atoms in total. The van der Waals surface area contributed by atoms with Gasteiger partial charge in [0.25, 0.3) is 0 Å². The molecule has 0 amide bonds. The van der Waals surface area contributed by atoms with Gasteiger partial charge in [0.1, 0.15) is 17.9 Å². The minimum atomic E-state index is -1.60. The van der Waals surface area contributed by atoms with Gasteiger partial charge in [-0.15, -0.1) is 0 Å². The highest BCUT2D eigenvalue weighted by Gasteiger charge is 2.72. The Morgan fingerprint density at radius 2 is 1.85 bits per heavy atom. The third-order valence-corrected chi connectivity index (χ3v) is 9.18. The van der Waals surface area contributed by atoms with Gasteiger partial charge in [-0.05, 0) is 69.1 Å². The van der Waals surface area contributed by atoms with E-state index in [1.807, 2.05) is 26.8 Å². The van der Waals surface area contributed by atoms with Crippen molar-refractivity contribution in [3.8, 4) is 0 Å². The SMILES string of the molecule is CCCOCC(=O)[C@@]1(OCCC)C(C)C[C@H]2[C@@H]3CCC4=CC(=O)C=C[C@]4(C)[C@@]3(F)C=C[C@@]21C. The number of carbonyl (C=O) groups is 2. The van der Waals surface area contributed by atoms with Gasteiger partial charge in [-0.25, -0.2) is 4.39 Å². The van der Waals surface area contributed by atoms with Crippen molar-refractivity contribution in [2.24, 2.45) is 28.6 Å². The molecule has 7 atom stereocenters. The van der Waals surface area contributed by atoms with Crippen LogP contribution in [0, 0.1) is 28.6 Å². The van der Waals surface area contributed by atoms with E-state index in [4.69, 9.17) is 9.47 Å². The monoisotopic (exact) mass is 458 g/mol. The van der Waals surface area contributed by atoms with E-state index < -0.39 is 22.1 Å². The third kappa shape index (κ3) is 3.29. The minimum Gasteiger partial charge on any atom is -0.374 e. The molecule has 0 aliphatic heterocycles. The lowest BCUT2D eigenvalue weighted by Crippen LogP contribution is -2.62. The number of alkyl halides is 1. The van der Waals surface area contributed by atoms with E-state index in [9.17, 15) is 9.59 Å². The summed E-state index contributed by atoms with van der Waals surface area (Å²) in [7, 11) is 0. The summed E-state index contributed by atoms with van der Waals surface area (Å²) in [5.41, 5.74) is -3.18. The van der Waals surface area contributed by atoms with Gasteiger partial charge in [0.15, 0.2) is 11.6 Å². The number of halogens is 1. The maximum atomic E-state index is 17.1. The van der Waals surface area contributed by atoms with Crippen LogP contribution in [0.2, 0.25) is 0 Å². The predicted octanol–water partition coefficient (Wildman–Crippen LogP) is 5.57. The predicted molar refractivity (Wildman–Crippen MR) is 127 cm³/mol. The second kappa shape index (κ2) is 8.57. The number of fused-ring (bicyclic) bond motifs is 5. The van der Waals surface area contributed by atoms with Crippen LogP contribution in [-0.4, -0.2) is 42.7 Å². The fraction of sp³-hybridized carbons (Fsp3) is 0.714. The Labute approximate surface area is 197 Å². The molecule has 182 valence electrons. The van der Waals surface area contributed by atoms with E-state index in [-0.39, 0.29) is 35.9 Å². The smallest absolute Gasteiger partial charge is 0.191 e. The minimum absolute atomic E-state index is 0.0244. The topological polar surface area (TPSA) is 52.6 Å². The van der Waals surface area contributed by atoms with Gasteiger partial charge in [0.2, 0.25) is 0 Å². The van der Waals surface area contributed by atoms with Crippen LogP contribution in [-0.2, 0) is 19.1 Å². The van der Waals surface area contributed by atoms with Crippen molar-refractivity contribution in [3.63, 3.8) is 0 Å². The third-order valence-electron chi connectivity index (χ3n) is 9.18. The average Bonchev–Trinajstić information content (AvgIpc) is 3.01. The Morgan fingerprint density at radius 1 is 1.12 bits per heavy atom. The molecule has 33 heavy (non-hydrogen) atoms. The molecule has 2 fully saturated rings. The lowest BCUT2D eigenvalue weighted by Gasteiger charge is -2.58. The van der Waals surface area contributed by atoms with Crippen LogP contribution in [0.3, 0.4) is 0 Å². The number of ketones is 2. The van der Waals surface area contributed by atoms with Crippen molar-refractivity contribution in [2.45, 2.75) is 78.0 Å². The number of rotatable bonds is 8. The molecule has 0 spiro atoms. The van der Waals surface area contributed by atoms with Crippen LogP contribution in [0.1, 0.15) is 66.7 Å². The molecule has 0 aromatic heterocycles. The highest BCUT2D eigenvalue weighted by Crippen LogP contribution is 2.69. The Hall–Kier alpha value is -1.59. The van der Waals surface area contributed by atoms with Crippen LogP contribution < -0.4 is 0 Å². The number of allylic oxidation sites excluding steroid dienone is 5. The zero-order chi connectivity index (χ0) is 24.1. The van der Waals surface area contributed by atoms with Crippen molar-refractivity contribution in [1.82, 2.24) is 0 Å². The Bertz CT molecular complexity index is 906. The first-order chi connectivity index (χ1) is 15.6. The van der Waals surface area contributed by atoms with E-state index in [2.05, 4.69) is 13.8 Å². The fourth-order valence-corrected chi connectivity index (χ4v) is 7.48. The van der Waals surface area contributed by atoms with E-state index in [1.54, 1.807) is 18.2 Å². The maximum Gasteiger partial charge on any atom is 0.191 e. The quantitative estimate of drug-likeness (QED) is 0.352. The molecule has 4 aliphatic carbocycles. The zero-order valence-corrected chi connectivity index (χ0v) is 20.8. The normalized spacial score (nSPS) is 43.6. The number of hydrogen-bond donors (Lipinski definition) is 0. The highest BCUT2D eigenvalue weighted by molar-refractivity contribution is 6.01. The number of ether oxygens (including phenoxy) is 2. The second-order valence-corrected chi connectivity index (χ2v) is 10.9. The molecule has 2 saturated carbocycles. The summed E-state index contributed by atoms with van der Waals surface area (Å²) >= 11 is 0. The lowest BCUT2D eigenvalue weighted by molar-refractivity contribution is -0.175. The highest BCUT2D eigenvalue weighted by atomic mass is 19.1. The maximum absolute atomic E-state index is 17.1. The van der Waals surface area contributed by atoms with Crippen LogP contribution >= 0.6 is 0 Å². The molecule has 0 N–H and O–H groups in total. The van der Waals surface area contributed by atoms with Crippen LogP contribution in [0.25, 0.3) is 0 Å². The molecule has 0 heterocycles. The Balaban J connectivity index is 1.78. The Kier molecular flexibility index (Phi) is 6.37. The molecule has 5 heteroatoms. The average molecular weight is 459 g/mol. The molecule has 0 saturated heterocycles. The van der Waals surface area contributed by atoms with Crippen LogP contribution in [0.5, 0.6) is 0 Å². The van der Waals surface area contributed by atoms with Crippen LogP contribution in [0.15, 0.2) is 36.0 Å². The molecule has 0 bridgehead atoms.